The van der Waals surface area contributed by atoms with E-state index in [-0.39, 0.29) is 59.8 Å². The number of ether oxygens (including phenoxy) is 2. The van der Waals surface area contributed by atoms with Crippen molar-refractivity contribution in [1.82, 2.24) is 0 Å². The third-order valence-corrected chi connectivity index (χ3v) is 19.5. The zero-order valence-corrected chi connectivity index (χ0v) is 37.0. The number of halogens is 8. The molecule has 0 aromatic heterocycles. The van der Waals surface area contributed by atoms with Gasteiger partial charge in [-0.2, -0.15) is 0 Å². The highest BCUT2D eigenvalue weighted by Crippen LogP contribution is 2.72. The molecule has 4 saturated carbocycles. The minimum Gasteiger partial charge on any atom is -0.508 e. The maximum Gasteiger partial charge on any atom is 0.512 e. The van der Waals surface area contributed by atoms with Crippen molar-refractivity contribution in [2.24, 2.45) is 34.5 Å². The van der Waals surface area contributed by atoms with E-state index in [2.05, 4.69) is 0 Å². The largest absolute Gasteiger partial charge is 0.512 e. The van der Waals surface area contributed by atoms with Gasteiger partial charge in [-0.15, -0.1) is 0 Å². The second-order valence-corrected chi connectivity index (χ2v) is 23.6. The molecule has 0 amide bonds. The number of aromatic hydroxyl groups is 2. The Labute approximate surface area is 367 Å². The number of carbonyl (C=O) groups excluding carboxylic acids is 1. The van der Waals surface area contributed by atoms with E-state index >= 15 is 0 Å². The first-order valence-electron chi connectivity index (χ1n) is 19.5. The van der Waals surface area contributed by atoms with E-state index in [0.29, 0.717) is 38.5 Å². The van der Waals surface area contributed by atoms with Gasteiger partial charge in [0.2, 0.25) is 7.59 Å². The van der Waals surface area contributed by atoms with Gasteiger partial charge in [-0.25, -0.2) is 4.79 Å². The molecule has 2 aromatic carbocycles. The van der Waals surface area contributed by atoms with Gasteiger partial charge in [0.25, 0.3) is 10.1 Å². The summed E-state index contributed by atoms with van der Waals surface area (Å²) in [5.41, 5.74) is -1.54. The Balaban J connectivity index is 1.08. The number of phenols is 2. The monoisotopic (exact) mass is 930 g/mol. The van der Waals surface area contributed by atoms with Gasteiger partial charge in [0.1, 0.15) is 22.7 Å². The van der Waals surface area contributed by atoms with Crippen LogP contribution in [0.2, 0.25) is 0 Å². The van der Waals surface area contributed by atoms with E-state index in [1.165, 1.54) is 11.1 Å². The number of carbonyl (C=O) groups is 1. The molecule has 0 bridgehead atoms. The van der Waals surface area contributed by atoms with Crippen molar-refractivity contribution >= 4 is 99.0 Å². The molecule has 0 aliphatic heterocycles. The lowest BCUT2D eigenvalue weighted by atomic mass is 9.52. The Bertz CT molecular complexity index is 1790. The van der Waals surface area contributed by atoms with Crippen molar-refractivity contribution < 1.29 is 34.7 Å². The number of phenolic OH excluding ortho intramolecular Hbond substituents is 2. The van der Waals surface area contributed by atoms with Crippen LogP contribution in [0.15, 0.2) is 36.4 Å². The summed E-state index contributed by atoms with van der Waals surface area (Å²) in [6.45, 7) is 3.79. The SMILES string of the molecule is C[C@]12CC[C@@H]3c4ccc(O)cc4CC[C@H]3[C@@H]1CC[C@@]2(O)C(Cl)(OC(=O)OC(Cl)(C(Cl)(Cl)Cl)[C@]1(O)CC[C@H]2[C@@H]3CCc4cc(O)ccc4[C@H]3CC[C@@]21C)C(Cl)(Cl)Cl. The number of benzene rings is 2. The third-order valence-electron chi connectivity index (χ3n) is 16.0. The molecule has 12 atom stereocenters. The minimum absolute atomic E-state index is 0.0377. The summed E-state index contributed by atoms with van der Waals surface area (Å²) < 4.78 is 6.49. The van der Waals surface area contributed by atoms with Crippen molar-refractivity contribution in [2.75, 3.05) is 0 Å². The van der Waals surface area contributed by atoms with Crippen molar-refractivity contribution in [1.29, 1.82) is 0 Å². The molecule has 6 aliphatic carbocycles. The predicted molar refractivity (Wildman–Crippen MR) is 221 cm³/mol. The van der Waals surface area contributed by atoms with Gasteiger partial charge < -0.3 is 29.9 Å². The lowest BCUT2D eigenvalue weighted by Crippen LogP contribution is -2.69. The first-order valence-corrected chi connectivity index (χ1v) is 22.5. The van der Waals surface area contributed by atoms with E-state index in [1.54, 1.807) is 12.1 Å². The van der Waals surface area contributed by atoms with Gasteiger partial charge in [-0.3, -0.25) is 0 Å². The van der Waals surface area contributed by atoms with Crippen LogP contribution in [0.25, 0.3) is 0 Å². The fourth-order valence-corrected chi connectivity index (χ4v) is 15.1. The van der Waals surface area contributed by atoms with Crippen LogP contribution >= 0.6 is 92.8 Å². The molecule has 15 heteroatoms. The van der Waals surface area contributed by atoms with Crippen molar-refractivity contribution in [2.45, 2.75) is 132 Å². The highest BCUT2D eigenvalue weighted by molar-refractivity contribution is 6.71. The van der Waals surface area contributed by atoms with Crippen LogP contribution in [-0.4, -0.2) is 55.5 Å². The summed E-state index contributed by atoms with van der Waals surface area (Å²) in [6, 6.07) is 11.0. The molecule has 0 spiro atoms. The lowest BCUT2D eigenvalue weighted by molar-refractivity contribution is -0.211. The maximum atomic E-state index is 14.3. The normalized spacial score (nSPS) is 39.7. The number of aryl methyl sites for hydroxylation is 2. The molecule has 7 nitrogen and oxygen atoms in total. The number of hydrogen-bond acceptors (Lipinski definition) is 7. The zero-order valence-electron chi connectivity index (χ0n) is 31.0. The molecule has 56 heavy (non-hydrogen) atoms. The van der Waals surface area contributed by atoms with Crippen LogP contribution in [0.4, 0.5) is 4.79 Å². The Kier molecular flexibility index (Phi) is 10.4. The molecule has 0 heterocycles. The number of fused-ring (bicyclic) bond motifs is 10. The fraction of sp³-hybridized carbons (Fsp3) is 0.683. The number of alkyl halides is 8. The summed E-state index contributed by atoms with van der Waals surface area (Å²) in [5, 5.41) is 40.5. The number of rotatable bonds is 4. The van der Waals surface area contributed by atoms with E-state index in [4.69, 9.17) is 102 Å². The first kappa shape index (κ1) is 42.2. The summed E-state index contributed by atoms with van der Waals surface area (Å²) in [6.07, 6.45) is 4.93. The molecule has 2 unspecified atom stereocenters. The van der Waals surface area contributed by atoms with Crippen molar-refractivity contribution in [3.8, 4) is 11.5 Å². The van der Waals surface area contributed by atoms with Gasteiger partial charge in [0, 0.05) is 10.8 Å². The summed E-state index contributed by atoms with van der Waals surface area (Å²) in [4.78, 5) is 14.3. The number of aliphatic hydroxyl groups is 2. The fourth-order valence-electron chi connectivity index (χ4n) is 13.2. The Morgan fingerprint density at radius 3 is 1.34 bits per heavy atom. The van der Waals surface area contributed by atoms with Crippen molar-refractivity contribution in [3.05, 3.63) is 58.7 Å². The van der Waals surface area contributed by atoms with Gasteiger partial charge in [-0.05, 0) is 159 Å². The maximum absolute atomic E-state index is 14.3. The number of hydrogen-bond donors (Lipinski definition) is 4. The van der Waals surface area contributed by atoms with Crippen LogP contribution in [0.5, 0.6) is 11.5 Å². The molecule has 308 valence electrons. The molecular formula is C41H46Cl8O7. The lowest BCUT2D eigenvalue weighted by Gasteiger charge is -2.58. The van der Waals surface area contributed by atoms with Gasteiger partial charge in [0.15, 0.2) is 0 Å². The molecule has 6 aliphatic rings. The van der Waals surface area contributed by atoms with Crippen LogP contribution < -0.4 is 0 Å². The van der Waals surface area contributed by atoms with Gasteiger partial charge >= 0.3 is 6.16 Å². The van der Waals surface area contributed by atoms with Crippen LogP contribution in [0.3, 0.4) is 0 Å². The average molecular weight is 934 g/mol. The third kappa shape index (κ3) is 5.81. The highest BCUT2D eigenvalue weighted by Gasteiger charge is 2.78. The Hall–Kier alpha value is -0.450. The minimum atomic E-state index is -2.71. The van der Waals surface area contributed by atoms with E-state index in [9.17, 15) is 25.2 Å². The molecule has 0 radical (unpaired) electrons. The quantitative estimate of drug-likeness (QED) is 0.178. The van der Waals surface area contributed by atoms with E-state index < -0.39 is 45.9 Å². The topological polar surface area (TPSA) is 116 Å². The Morgan fingerprint density at radius 1 is 0.607 bits per heavy atom. The van der Waals surface area contributed by atoms with Gasteiger partial charge in [0.05, 0.1) is 0 Å². The molecular weight excluding hydrogens is 888 g/mol. The highest BCUT2D eigenvalue weighted by atomic mass is 35.6. The molecule has 4 fully saturated rings. The molecule has 8 rings (SSSR count). The zero-order chi connectivity index (χ0) is 40.6. The second-order valence-electron chi connectivity index (χ2n) is 17.9. The second kappa shape index (κ2) is 13.8. The summed E-state index contributed by atoms with van der Waals surface area (Å²) in [5.74, 6) is 0.951. The van der Waals surface area contributed by atoms with Crippen LogP contribution in [-0.2, 0) is 22.3 Å². The van der Waals surface area contributed by atoms with Crippen molar-refractivity contribution in [3.63, 3.8) is 0 Å². The van der Waals surface area contributed by atoms with Gasteiger partial charge in [-0.1, -0.05) is 119 Å². The smallest absolute Gasteiger partial charge is 0.508 e. The molecule has 2 aromatic rings. The van der Waals surface area contributed by atoms with E-state index in [1.807, 2.05) is 38.1 Å². The van der Waals surface area contributed by atoms with Crippen LogP contribution in [0, 0.1) is 34.5 Å². The van der Waals surface area contributed by atoms with Crippen LogP contribution in [0.1, 0.15) is 112 Å². The Morgan fingerprint density at radius 2 is 0.982 bits per heavy atom. The molecule has 4 N–H and O–H groups in total. The first-order chi connectivity index (χ1) is 25.9. The predicted octanol–water partition coefficient (Wildman–Crippen LogP) is 11.7. The molecule has 0 saturated heterocycles. The van der Waals surface area contributed by atoms with E-state index in [0.717, 1.165) is 36.8 Å². The summed E-state index contributed by atoms with van der Waals surface area (Å²) in [7, 11) is 0. The summed E-state index contributed by atoms with van der Waals surface area (Å²) >= 11 is 54.1. The standard InChI is InChI=1S/C41H46Cl8O7/c1-34-15-11-27-25-9-5-23(50)19-21(25)3-7-29(27)31(34)13-17-36(34,53)38(42,40(44,45)46)55-33(52)56-39(43,41(47,48)49)37(54)18-14-32-30-8-4-22-20-24(51)6-10-26(22)28(30)12-16-35(32,37)2/h5-6,9-10,19-20,27-32,50-51,53-54H,3-4,7-8,11-18H2,1-2H3/t27-,28-,29-,30-,31+,32+,34+,35+,36+,37+,38?,39?/m1/s1. The average Bonchev–Trinajstić information content (AvgIpc) is 3.56.